The van der Waals surface area contributed by atoms with Gasteiger partial charge in [0.05, 0.1) is 0 Å². The van der Waals surface area contributed by atoms with Crippen LogP contribution in [0, 0.1) is 0 Å². The first-order valence-electron chi connectivity index (χ1n) is 18.3. The van der Waals surface area contributed by atoms with Gasteiger partial charge in [0.2, 0.25) is 0 Å². The zero-order valence-electron chi connectivity index (χ0n) is 28.9. The lowest BCUT2D eigenvalue weighted by Gasteiger charge is -2.21. The van der Waals surface area contributed by atoms with Crippen LogP contribution in [0.25, 0.3) is 110 Å². The summed E-state index contributed by atoms with van der Waals surface area (Å²) in [5.74, 6) is 0. The van der Waals surface area contributed by atoms with Crippen LogP contribution in [0.5, 0.6) is 0 Å². The molecule has 0 unspecified atom stereocenters. The first-order chi connectivity index (χ1) is 26.3. The molecule has 0 radical (unpaired) electrons. The highest BCUT2D eigenvalue weighted by Crippen LogP contribution is 2.48. The molecule has 0 saturated carbocycles. The lowest BCUT2D eigenvalue weighted by Crippen LogP contribution is -1.93. The van der Waals surface area contributed by atoms with Crippen molar-refractivity contribution < 1.29 is 4.42 Å². The second-order valence-corrected chi connectivity index (χ2v) is 14.0. The number of furan rings is 1. The molecule has 1 heteroatoms. The first kappa shape index (κ1) is 29.7. The fourth-order valence-electron chi connectivity index (χ4n) is 8.62. The second-order valence-electron chi connectivity index (χ2n) is 14.0. The van der Waals surface area contributed by atoms with Crippen molar-refractivity contribution in [1.82, 2.24) is 0 Å². The largest absolute Gasteiger partial charge is 0.456 e. The van der Waals surface area contributed by atoms with E-state index in [2.05, 4.69) is 188 Å². The van der Waals surface area contributed by atoms with Crippen LogP contribution in [0.15, 0.2) is 199 Å². The molecule has 11 rings (SSSR count). The monoisotopic (exact) mass is 672 g/mol. The number of hydrogen-bond acceptors (Lipinski definition) is 1. The number of benzene rings is 10. The van der Waals surface area contributed by atoms with Crippen LogP contribution in [0.3, 0.4) is 0 Å². The standard InChI is InChI=1S/C52H32O/c1-2-14-35-30-36(25-24-33(35)12-1)41-17-5-6-19-43(41)52-45-21-8-7-20-44(45)51(38-27-29-50-47(32-38)42-18-9-10-23-49(42)53-50)48-31-37(26-28-46(48)52)40-22-11-15-34-13-3-4-16-39(34)40/h1-32H. The van der Waals surface area contributed by atoms with Crippen molar-refractivity contribution in [2.75, 3.05) is 0 Å². The molecule has 246 valence electrons. The van der Waals surface area contributed by atoms with Crippen molar-refractivity contribution in [3.8, 4) is 44.5 Å². The molecule has 0 N–H and O–H groups in total. The minimum atomic E-state index is 0.904. The minimum Gasteiger partial charge on any atom is -0.456 e. The molecule has 11 aromatic rings. The van der Waals surface area contributed by atoms with Crippen molar-refractivity contribution in [3.63, 3.8) is 0 Å². The quantitative estimate of drug-likeness (QED) is 0.170. The molecule has 0 atom stereocenters. The van der Waals surface area contributed by atoms with Gasteiger partial charge in [0.25, 0.3) is 0 Å². The predicted molar refractivity (Wildman–Crippen MR) is 225 cm³/mol. The van der Waals surface area contributed by atoms with Gasteiger partial charge < -0.3 is 4.42 Å². The lowest BCUT2D eigenvalue weighted by molar-refractivity contribution is 0.669. The van der Waals surface area contributed by atoms with Gasteiger partial charge in [0.15, 0.2) is 0 Å². The average Bonchev–Trinajstić information content (AvgIpc) is 3.60. The molecular weight excluding hydrogens is 641 g/mol. The molecular formula is C52H32O. The van der Waals surface area contributed by atoms with Crippen molar-refractivity contribution in [1.29, 1.82) is 0 Å². The Morgan fingerprint density at radius 1 is 0.245 bits per heavy atom. The van der Waals surface area contributed by atoms with Crippen molar-refractivity contribution in [2.45, 2.75) is 0 Å². The fourth-order valence-corrected chi connectivity index (χ4v) is 8.62. The molecule has 1 nitrogen and oxygen atoms in total. The van der Waals surface area contributed by atoms with E-state index in [1.807, 2.05) is 6.07 Å². The Balaban J connectivity index is 1.25. The first-order valence-corrected chi connectivity index (χ1v) is 18.3. The van der Waals surface area contributed by atoms with E-state index < -0.39 is 0 Å². The summed E-state index contributed by atoms with van der Waals surface area (Å²) in [4.78, 5) is 0. The predicted octanol–water partition coefficient (Wildman–Crippen LogP) is 14.9. The molecule has 10 aromatic carbocycles. The van der Waals surface area contributed by atoms with E-state index in [4.69, 9.17) is 4.42 Å². The van der Waals surface area contributed by atoms with Gasteiger partial charge in [-0.25, -0.2) is 0 Å². The van der Waals surface area contributed by atoms with Gasteiger partial charge in [0.1, 0.15) is 11.2 Å². The van der Waals surface area contributed by atoms with E-state index in [9.17, 15) is 0 Å². The Bertz CT molecular complexity index is 3230. The van der Waals surface area contributed by atoms with Gasteiger partial charge in [-0.15, -0.1) is 0 Å². The van der Waals surface area contributed by atoms with Gasteiger partial charge in [0, 0.05) is 10.8 Å². The van der Waals surface area contributed by atoms with Gasteiger partial charge in [-0.1, -0.05) is 164 Å². The van der Waals surface area contributed by atoms with E-state index in [0.717, 1.165) is 21.9 Å². The highest BCUT2D eigenvalue weighted by Gasteiger charge is 2.21. The molecule has 1 aromatic heterocycles. The molecule has 0 aliphatic heterocycles. The Labute approximate surface area is 307 Å². The Hall–Kier alpha value is -6.96. The van der Waals surface area contributed by atoms with Crippen LogP contribution in [-0.2, 0) is 0 Å². The smallest absolute Gasteiger partial charge is 0.135 e. The normalized spacial score (nSPS) is 11.8. The van der Waals surface area contributed by atoms with Gasteiger partial charge >= 0.3 is 0 Å². The van der Waals surface area contributed by atoms with E-state index in [0.29, 0.717) is 0 Å². The van der Waals surface area contributed by atoms with Crippen LogP contribution < -0.4 is 0 Å². The minimum absolute atomic E-state index is 0.904. The van der Waals surface area contributed by atoms with Crippen molar-refractivity contribution >= 4 is 65.0 Å². The van der Waals surface area contributed by atoms with Crippen LogP contribution in [0.4, 0.5) is 0 Å². The summed E-state index contributed by atoms with van der Waals surface area (Å²) < 4.78 is 6.30. The van der Waals surface area contributed by atoms with Gasteiger partial charge in [-0.2, -0.15) is 0 Å². The number of para-hydroxylation sites is 1. The van der Waals surface area contributed by atoms with Crippen LogP contribution in [0.2, 0.25) is 0 Å². The summed E-state index contributed by atoms with van der Waals surface area (Å²) in [6.07, 6.45) is 0. The van der Waals surface area contributed by atoms with Crippen LogP contribution in [0.1, 0.15) is 0 Å². The molecule has 0 fully saturated rings. The highest BCUT2D eigenvalue weighted by atomic mass is 16.3. The number of hydrogen-bond donors (Lipinski definition) is 0. The van der Waals surface area contributed by atoms with Crippen LogP contribution in [-0.4, -0.2) is 0 Å². The Morgan fingerprint density at radius 3 is 1.66 bits per heavy atom. The average molecular weight is 673 g/mol. The van der Waals surface area contributed by atoms with Crippen molar-refractivity contribution in [3.05, 3.63) is 194 Å². The van der Waals surface area contributed by atoms with E-state index >= 15 is 0 Å². The maximum Gasteiger partial charge on any atom is 0.135 e. The summed E-state index contributed by atoms with van der Waals surface area (Å²) in [6, 6.07) is 70.8. The molecule has 0 amide bonds. The lowest BCUT2D eigenvalue weighted by atomic mass is 9.82. The molecule has 0 aliphatic carbocycles. The molecule has 0 bridgehead atoms. The number of rotatable bonds is 4. The maximum atomic E-state index is 6.30. The molecule has 1 heterocycles. The second kappa shape index (κ2) is 11.8. The van der Waals surface area contributed by atoms with E-state index in [1.54, 1.807) is 0 Å². The SMILES string of the molecule is c1ccc(-c2c3ccccc3c(-c3ccc4oc5ccccc5c4c3)c3cc(-c4cccc5ccccc45)ccc23)c(-c2ccc3ccccc3c2)c1. The summed E-state index contributed by atoms with van der Waals surface area (Å²) >= 11 is 0. The Morgan fingerprint density at radius 2 is 0.792 bits per heavy atom. The maximum absolute atomic E-state index is 6.30. The number of fused-ring (bicyclic) bond motifs is 7. The molecule has 0 aliphatic rings. The van der Waals surface area contributed by atoms with E-state index in [1.165, 1.54) is 87.6 Å². The topological polar surface area (TPSA) is 13.1 Å². The van der Waals surface area contributed by atoms with Crippen molar-refractivity contribution in [2.24, 2.45) is 0 Å². The third-order valence-corrected chi connectivity index (χ3v) is 11.0. The summed E-state index contributed by atoms with van der Waals surface area (Å²) in [5, 5.41) is 12.2. The molecule has 0 saturated heterocycles. The third-order valence-electron chi connectivity index (χ3n) is 11.0. The van der Waals surface area contributed by atoms with Gasteiger partial charge in [-0.3, -0.25) is 0 Å². The fraction of sp³-hybridized carbons (Fsp3) is 0. The van der Waals surface area contributed by atoms with E-state index in [-0.39, 0.29) is 0 Å². The summed E-state index contributed by atoms with van der Waals surface area (Å²) in [6.45, 7) is 0. The molecule has 53 heavy (non-hydrogen) atoms. The third kappa shape index (κ3) is 4.71. The van der Waals surface area contributed by atoms with Gasteiger partial charge in [-0.05, 0) is 118 Å². The summed E-state index contributed by atoms with van der Waals surface area (Å²) in [5.41, 5.74) is 11.6. The van der Waals surface area contributed by atoms with Crippen LogP contribution >= 0.6 is 0 Å². The zero-order valence-corrected chi connectivity index (χ0v) is 28.9. The summed E-state index contributed by atoms with van der Waals surface area (Å²) in [7, 11) is 0. The zero-order chi connectivity index (χ0) is 34.9. The highest BCUT2D eigenvalue weighted by molar-refractivity contribution is 6.24. The Kier molecular flexibility index (Phi) is 6.62. The molecule has 0 spiro atoms.